The zero-order valence-corrected chi connectivity index (χ0v) is 25.2. The van der Waals surface area contributed by atoms with Crippen molar-refractivity contribution in [1.29, 1.82) is 0 Å². The number of esters is 1. The van der Waals surface area contributed by atoms with E-state index in [9.17, 15) is 18.8 Å². The molecule has 3 aromatic heterocycles. The zero-order chi connectivity index (χ0) is 30.8. The smallest absolute Gasteiger partial charge is 0.407 e. The number of halogens is 1. The van der Waals surface area contributed by atoms with Gasteiger partial charge in [0.25, 0.3) is 0 Å². The molecular weight excluding hydrogens is 577 g/mol. The molecular formula is C29H36FN7O5S. The fourth-order valence-corrected chi connectivity index (χ4v) is 5.27. The second-order valence-electron chi connectivity index (χ2n) is 10.7. The Labute approximate surface area is 253 Å². The lowest BCUT2D eigenvalue weighted by molar-refractivity contribution is -0.148. The van der Waals surface area contributed by atoms with Crippen molar-refractivity contribution in [2.24, 2.45) is 5.92 Å². The maximum Gasteiger partial charge on any atom is 0.407 e. The number of hydrogen-bond donors (Lipinski definition) is 3. The molecule has 1 atom stereocenters. The van der Waals surface area contributed by atoms with Gasteiger partial charge in [-0.3, -0.25) is 14.6 Å². The molecule has 0 aromatic carbocycles. The summed E-state index contributed by atoms with van der Waals surface area (Å²) in [6.07, 6.45) is 5.39. The van der Waals surface area contributed by atoms with E-state index in [0.717, 1.165) is 24.1 Å². The van der Waals surface area contributed by atoms with Crippen molar-refractivity contribution in [3.63, 3.8) is 0 Å². The number of nitrogens with one attached hydrogen (secondary N) is 3. The topological polar surface area (TPSA) is 157 Å². The van der Waals surface area contributed by atoms with Gasteiger partial charge in [-0.05, 0) is 44.0 Å². The van der Waals surface area contributed by atoms with Crippen LogP contribution in [0.5, 0.6) is 0 Å². The lowest BCUT2D eigenvalue weighted by atomic mass is 9.66. The summed E-state index contributed by atoms with van der Waals surface area (Å²) in [4.78, 5) is 45.2. The molecule has 3 aromatic rings. The molecule has 1 fully saturated rings. The van der Waals surface area contributed by atoms with E-state index in [-0.39, 0.29) is 55.2 Å². The summed E-state index contributed by atoms with van der Waals surface area (Å²) in [6, 6.07) is 6.20. The van der Waals surface area contributed by atoms with Crippen LogP contribution < -0.4 is 16.0 Å². The second kappa shape index (κ2) is 14.8. The predicted octanol–water partition coefficient (Wildman–Crippen LogP) is 3.99. The summed E-state index contributed by atoms with van der Waals surface area (Å²) >= 11 is 1.38. The number of rotatable bonds is 14. The molecule has 3 heterocycles. The minimum Gasteiger partial charge on any atom is -0.462 e. The van der Waals surface area contributed by atoms with E-state index in [0.29, 0.717) is 28.8 Å². The Kier molecular flexibility index (Phi) is 10.9. The Morgan fingerprint density at radius 1 is 1.07 bits per heavy atom. The van der Waals surface area contributed by atoms with Crippen LogP contribution in [0.2, 0.25) is 0 Å². The number of anilines is 1. The van der Waals surface area contributed by atoms with Crippen molar-refractivity contribution in [2.75, 3.05) is 25.1 Å². The third-order valence-electron chi connectivity index (χ3n) is 6.96. The molecule has 0 saturated heterocycles. The molecule has 3 N–H and O–H groups in total. The summed E-state index contributed by atoms with van der Waals surface area (Å²) in [5.74, 6) is -0.577. The van der Waals surface area contributed by atoms with E-state index in [2.05, 4.69) is 36.1 Å². The SMILES string of the molecule is CC(CC(=O)NCc1cnc(-c2ccc(NCC3(c4ncccc4F)CCC3)nn2)s1)NC(=O)OCCOC(=O)C(C)C. The number of carbonyl (C=O) groups is 3. The Morgan fingerprint density at radius 3 is 2.53 bits per heavy atom. The maximum atomic E-state index is 14.4. The van der Waals surface area contributed by atoms with Crippen LogP contribution in [0.25, 0.3) is 10.7 Å². The summed E-state index contributed by atoms with van der Waals surface area (Å²) in [6.45, 7) is 5.79. The quantitative estimate of drug-likeness (QED) is 0.179. The lowest BCUT2D eigenvalue weighted by Gasteiger charge is -2.41. The summed E-state index contributed by atoms with van der Waals surface area (Å²) in [5.41, 5.74) is 0.743. The molecule has 0 radical (unpaired) electrons. The van der Waals surface area contributed by atoms with Crippen LogP contribution in [0.1, 0.15) is 57.0 Å². The highest BCUT2D eigenvalue weighted by molar-refractivity contribution is 7.15. The van der Waals surface area contributed by atoms with E-state index in [4.69, 9.17) is 9.47 Å². The van der Waals surface area contributed by atoms with Gasteiger partial charge in [0, 0.05) is 41.7 Å². The van der Waals surface area contributed by atoms with Gasteiger partial charge in [0.15, 0.2) is 0 Å². The summed E-state index contributed by atoms with van der Waals surface area (Å²) in [7, 11) is 0. The molecule has 1 aliphatic rings. The van der Waals surface area contributed by atoms with Crippen LogP contribution in [0.3, 0.4) is 0 Å². The predicted molar refractivity (Wildman–Crippen MR) is 158 cm³/mol. The molecule has 230 valence electrons. The fourth-order valence-electron chi connectivity index (χ4n) is 4.46. The van der Waals surface area contributed by atoms with Crippen LogP contribution in [0.4, 0.5) is 15.0 Å². The van der Waals surface area contributed by atoms with Crippen LogP contribution in [-0.2, 0) is 31.0 Å². The molecule has 0 aliphatic heterocycles. The number of hydrogen-bond acceptors (Lipinski definition) is 11. The number of amides is 2. The van der Waals surface area contributed by atoms with Gasteiger partial charge >= 0.3 is 12.1 Å². The van der Waals surface area contributed by atoms with Crippen molar-refractivity contribution >= 4 is 35.1 Å². The lowest BCUT2D eigenvalue weighted by Crippen LogP contribution is -2.42. The molecule has 1 aliphatic carbocycles. The number of nitrogens with zero attached hydrogens (tertiary/aromatic N) is 4. The standard InChI is InChI=1S/C29H36FN7O5S/c1-18(2)27(39)41-12-13-42-28(40)35-19(3)14-24(38)32-15-20-16-33-26(43-20)22-7-8-23(37-36-22)34-17-29(9-5-10-29)25-21(30)6-4-11-31-25/h4,6-8,11,16,18-19H,5,9-10,12-15,17H2,1-3H3,(H,32,38)(H,34,37)(H,35,40). The average molecular weight is 614 g/mol. The van der Waals surface area contributed by atoms with Crippen molar-refractivity contribution in [3.8, 4) is 10.7 Å². The van der Waals surface area contributed by atoms with Crippen molar-refractivity contribution < 1.29 is 28.2 Å². The first kappa shape index (κ1) is 31.7. The average Bonchev–Trinajstić information content (AvgIpc) is 3.43. The van der Waals surface area contributed by atoms with Gasteiger partial charge in [-0.15, -0.1) is 21.5 Å². The fraction of sp³-hybridized carbons (Fsp3) is 0.483. The van der Waals surface area contributed by atoms with Gasteiger partial charge < -0.3 is 25.4 Å². The van der Waals surface area contributed by atoms with Gasteiger partial charge in [-0.1, -0.05) is 20.3 Å². The van der Waals surface area contributed by atoms with Gasteiger partial charge in [0.05, 0.1) is 18.2 Å². The van der Waals surface area contributed by atoms with Crippen molar-refractivity contribution in [2.45, 2.75) is 64.5 Å². The Balaban J connectivity index is 1.18. The number of aromatic nitrogens is 4. The van der Waals surface area contributed by atoms with E-state index >= 15 is 0 Å². The largest absolute Gasteiger partial charge is 0.462 e. The van der Waals surface area contributed by atoms with Crippen molar-refractivity contribution in [1.82, 2.24) is 30.8 Å². The molecule has 43 heavy (non-hydrogen) atoms. The van der Waals surface area contributed by atoms with Crippen LogP contribution in [0, 0.1) is 11.7 Å². The van der Waals surface area contributed by atoms with Crippen molar-refractivity contribution in [3.05, 3.63) is 53.0 Å². The molecule has 0 bridgehead atoms. The summed E-state index contributed by atoms with van der Waals surface area (Å²) < 4.78 is 24.3. The third-order valence-corrected chi connectivity index (χ3v) is 7.98. The number of ether oxygens (including phenoxy) is 2. The molecule has 2 amide bonds. The summed E-state index contributed by atoms with van der Waals surface area (Å²) in [5, 5.41) is 17.9. The van der Waals surface area contributed by atoms with Crippen LogP contribution in [-0.4, -0.2) is 63.9 Å². The van der Waals surface area contributed by atoms with E-state index in [1.54, 1.807) is 39.2 Å². The number of carbonyl (C=O) groups excluding carboxylic acids is 3. The molecule has 4 rings (SSSR count). The highest BCUT2D eigenvalue weighted by Crippen LogP contribution is 2.43. The Bertz CT molecular complexity index is 1400. The molecule has 1 unspecified atom stereocenters. The first-order valence-electron chi connectivity index (χ1n) is 14.2. The van der Waals surface area contributed by atoms with Gasteiger partial charge in [0.1, 0.15) is 35.6 Å². The van der Waals surface area contributed by atoms with E-state index < -0.39 is 12.1 Å². The highest BCUT2D eigenvalue weighted by atomic mass is 32.1. The second-order valence-corrected chi connectivity index (χ2v) is 11.9. The number of thiazole rings is 1. The molecule has 14 heteroatoms. The molecule has 0 spiro atoms. The van der Waals surface area contributed by atoms with Crippen LogP contribution >= 0.6 is 11.3 Å². The Hall–Kier alpha value is -4.20. The zero-order valence-electron chi connectivity index (χ0n) is 24.4. The van der Waals surface area contributed by atoms with E-state index in [1.807, 2.05) is 12.1 Å². The minimum absolute atomic E-state index is 0.0294. The first-order valence-corrected chi connectivity index (χ1v) is 15.0. The van der Waals surface area contributed by atoms with E-state index in [1.165, 1.54) is 17.4 Å². The number of pyridine rings is 1. The number of alkyl carbamates (subject to hydrolysis) is 1. The minimum atomic E-state index is -0.694. The van der Waals surface area contributed by atoms with Gasteiger partial charge in [-0.25, -0.2) is 14.2 Å². The maximum absolute atomic E-state index is 14.4. The first-order chi connectivity index (χ1) is 20.6. The Morgan fingerprint density at radius 2 is 1.86 bits per heavy atom. The normalized spacial score (nSPS) is 14.3. The molecule has 1 saturated carbocycles. The van der Waals surface area contributed by atoms with Gasteiger partial charge in [-0.2, -0.15) is 0 Å². The highest BCUT2D eigenvalue weighted by Gasteiger charge is 2.41. The monoisotopic (exact) mass is 613 g/mol. The van der Waals surface area contributed by atoms with Crippen LogP contribution in [0.15, 0.2) is 36.7 Å². The van der Waals surface area contributed by atoms with Gasteiger partial charge in [0.2, 0.25) is 5.91 Å². The third kappa shape index (κ3) is 8.89. The molecule has 12 nitrogen and oxygen atoms in total.